The van der Waals surface area contributed by atoms with Crippen molar-refractivity contribution in [3.05, 3.63) is 17.3 Å². The molecule has 3 rings (SSSR count). The third-order valence-corrected chi connectivity index (χ3v) is 5.86. The summed E-state index contributed by atoms with van der Waals surface area (Å²) in [6.07, 6.45) is 1.99. The van der Waals surface area contributed by atoms with Gasteiger partial charge in [0.05, 0.1) is 18.3 Å². The number of oxazole rings is 1. The summed E-state index contributed by atoms with van der Waals surface area (Å²) in [4.78, 5) is 25.6. The molecule has 9 nitrogen and oxygen atoms in total. The van der Waals surface area contributed by atoms with Gasteiger partial charge < -0.3 is 24.7 Å². The van der Waals surface area contributed by atoms with Crippen LogP contribution >= 0.6 is 24.0 Å². The molecule has 0 unspecified atom stereocenters. The number of halogens is 1. The van der Waals surface area contributed by atoms with Gasteiger partial charge in [0.1, 0.15) is 11.4 Å². The number of nitrogens with zero attached hydrogens (tertiary/aromatic N) is 4. The lowest BCUT2D eigenvalue weighted by molar-refractivity contribution is 0.00700. The van der Waals surface area contributed by atoms with E-state index in [1.165, 1.54) is 0 Å². The van der Waals surface area contributed by atoms with E-state index in [4.69, 9.17) is 14.1 Å². The van der Waals surface area contributed by atoms with Gasteiger partial charge in [0, 0.05) is 26.2 Å². The van der Waals surface area contributed by atoms with Crippen molar-refractivity contribution in [2.75, 3.05) is 39.3 Å². The van der Waals surface area contributed by atoms with Crippen LogP contribution in [0.2, 0.25) is 0 Å². The third kappa shape index (κ3) is 8.62. The molecule has 0 spiro atoms. The maximum absolute atomic E-state index is 12.1. The second-order valence-corrected chi connectivity index (χ2v) is 9.91. The molecule has 0 aliphatic carbocycles. The van der Waals surface area contributed by atoms with Gasteiger partial charge in [-0.25, -0.2) is 9.78 Å². The lowest BCUT2D eigenvalue weighted by Crippen LogP contribution is -2.63. The van der Waals surface area contributed by atoms with Crippen LogP contribution in [0.1, 0.15) is 57.9 Å². The average molecular weight is 577 g/mol. The van der Waals surface area contributed by atoms with E-state index in [-0.39, 0.29) is 36.1 Å². The van der Waals surface area contributed by atoms with Crippen LogP contribution in [0.25, 0.3) is 0 Å². The van der Waals surface area contributed by atoms with Crippen LogP contribution in [0.5, 0.6) is 0 Å². The zero-order chi connectivity index (χ0) is 23.3. The maximum atomic E-state index is 12.1. The molecule has 1 aromatic rings. The predicted molar refractivity (Wildman–Crippen MR) is 140 cm³/mol. The van der Waals surface area contributed by atoms with E-state index in [1.54, 1.807) is 4.90 Å². The highest BCUT2D eigenvalue weighted by Crippen LogP contribution is 2.20. The molecule has 2 aliphatic rings. The number of carbonyl (C=O) groups excluding carboxylic acids is 1. The van der Waals surface area contributed by atoms with Gasteiger partial charge in [-0.05, 0) is 73.4 Å². The first-order chi connectivity index (χ1) is 15.1. The Morgan fingerprint density at radius 2 is 1.91 bits per heavy atom. The smallest absolute Gasteiger partial charge is 0.410 e. The summed E-state index contributed by atoms with van der Waals surface area (Å²) in [5.74, 6) is 3.13. The molecule has 0 saturated carbocycles. The third-order valence-electron chi connectivity index (χ3n) is 5.86. The Morgan fingerprint density at radius 3 is 2.45 bits per heavy atom. The number of guanidine groups is 1. The molecule has 2 N–H and O–H groups in total. The van der Waals surface area contributed by atoms with Crippen molar-refractivity contribution in [1.82, 2.24) is 25.4 Å². The highest BCUT2D eigenvalue weighted by Gasteiger charge is 2.34. The summed E-state index contributed by atoms with van der Waals surface area (Å²) in [7, 11) is 0. The first kappa shape index (κ1) is 27.7. The Balaban J connectivity index is 0.00000385. The van der Waals surface area contributed by atoms with Crippen LogP contribution in [0, 0.1) is 19.8 Å². The predicted octanol–water partition coefficient (Wildman–Crippen LogP) is 3.30. The van der Waals surface area contributed by atoms with Gasteiger partial charge >= 0.3 is 6.09 Å². The minimum atomic E-state index is -0.464. The van der Waals surface area contributed by atoms with E-state index in [0.29, 0.717) is 19.0 Å². The number of aromatic nitrogens is 1. The second kappa shape index (κ2) is 12.2. The number of nitrogens with one attached hydrogen (secondary N) is 2. The molecule has 0 radical (unpaired) electrons. The number of likely N-dealkylation sites (tertiary alicyclic amines) is 2. The first-order valence-corrected chi connectivity index (χ1v) is 11.8. The molecule has 0 atom stereocenters. The molecule has 2 aliphatic heterocycles. The van der Waals surface area contributed by atoms with Gasteiger partial charge in [-0.15, -0.1) is 24.0 Å². The Hall–Kier alpha value is -1.56. The summed E-state index contributed by atoms with van der Waals surface area (Å²) < 4.78 is 11.1. The minimum Gasteiger partial charge on any atom is -0.444 e. The molecule has 2 saturated heterocycles. The number of aryl methyl sites for hydroxylation is 2. The van der Waals surface area contributed by atoms with Crippen molar-refractivity contribution in [2.24, 2.45) is 10.9 Å². The van der Waals surface area contributed by atoms with Gasteiger partial charge in [0.2, 0.25) is 5.89 Å². The molecular weight excluding hydrogens is 535 g/mol. The fraction of sp³-hybridized carbons (Fsp3) is 0.783. The second-order valence-electron chi connectivity index (χ2n) is 9.91. The number of aliphatic imine (C=N–C) groups is 1. The van der Waals surface area contributed by atoms with Gasteiger partial charge in [-0.1, -0.05) is 0 Å². The van der Waals surface area contributed by atoms with Crippen LogP contribution in [0.3, 0.4) is 0 Å². The Labute approximate surface area is 215 Å². The quantitative estimate of drug-likeness (QED) is 0.305. The van der Waals surface area contributed by atoms with Crippen LogP contribution in [0.4, 0.5) is 4.79 Å². The van der Waals surface area contributed by atoms with Gasteiger partial charge in [-0.3, -0.25) is 9.89 Å². The van der Waals surface area contributed by atoms with Crippen LogP contribution < -0.4 is 10.6 Å². The van der Waals surface area contributed by atoms with Crippen molar-refractivity contribution in [2.45, 2.75) is 72.6 Å². The van der Waals surface area contributed by atoms with Crippen molar-refractivity contribution < 1.29 is 13.9 Å². The zero-order valence-electron chi connectivity index (χ0n) is 20.9. The van der Waals surface area contributed by atoms with Gasteiger partial charge in [0.25, 0.3) is 0 Å². The molecule has 1 amide bonds. The summed E-state index contributed by atoms with van der Waals surface area (Å²) in [5.41, 5.74) is 0.516. The first-order valence-electron chi connectivity index (χ1n) is 11.8. The fourth-order valence-electron chi connectivity index (χ4n) is 3.90. The summed E-state index contributed by atoms with van der Waals surface area (Å²) in [5, 5.41) is 6.77. The molecule has 0 aromatic carbocycles. The Kier molecular flexibility index (Phi) is 10.3. The SMILES string of the molecule is CCNC(=NCC1CCN(Cc2nc(C)c(C)o2)CC1)NC1CN(C(=O)OC(C)(C)C)C1.I. The number of piperidine rings is 1. The van der Waals surface area contributed by atoms with Gasteiger partial charge in [0.15, 0.2) is 5.96 Å². The van der Waals surface area contributed by atoms with Crippen molar-refractivity contribution in [3.8, 4) is 0 Å². The van der Waals surface area contributed by atoms with E-state index >= 15 is 0 Å². The highest BCUT2D eigenvalue weighted by molar-refractivity contribution is 14.0. The monoisotopic (exact) mass is 576 g/mol. The largest absolute Gasteiger partial charge is 0.444 e. The molecule has 1 aromatic heterocycles. The van der Waals surface area contributed by atoms with E-state index in [1.807, 2.05) is 34.6 Å². The van der Waals surface area contributed by atoms with Crippen molar-refractivity contribution in [3.63, 3.8) is 0 Å². The average Bonchev–Trinajstić information content (AvgIpc) is 2.99. The molecule has 188 valence electrons. The van der Waals surface area contributed by atoms with Gasteiger partial charge in [-0.2, -0.15) is 0 Å². The number of rotatable bonds is 6. The van der Waals surface area contributed by atoms with Crippen LogP contribution in [-0.4, -0.2) is 77.7 Å². The molecule has 33 heavy (non-hydrogen) atoms. The fourth-order valence-corrected chi connectivity index (χ4v) is 3.90. The number of carbonyl (C=O) groups is 1. The highest BCUT2D eigenvalue weighted by atomic mass is 127. The molecule has 2 fully saturated rings. The number of hydrogen-bond donors (Lipinski definition) is 2. The van der Waals surface area contributed by atoms with E-state index in [2.05, 4.69) is 27.4 Å². The van der Waals surface area contributed by atoms with E-state index in [0.717, 1.165) is 68.9 Å². The van der Waals surface area contributed by atoms with E-state index < -0.39 is 5.60 Å². The Bertz CT molecular complexity index is 773. The Morgan fingerprint density at radius 1 is 1.24 bits per heavy atom. The molecule has 0 bridgehead atoms. The van der Waals surface area contributed by atoms with Crippen LogP contribution in [0.15, 0.2) is 9.41 Å². The van der Waals surface area contributed by atoms with Crippen molar-refractivity contribution in [1.29, 1.82) is 0 Å². The van der Waals surface area contributed by atoms with E-state index in [9.17, 15) is 4.79 Å². The molecule has 3 heterocycles. The lowest BCUT2D eigenvalue weighted by Gasteiger charge is -2.40. The topological polar surface area (TPSA) is 95.2 Å². The number of amides is 1. The zero-order valence-corrected chi connectivity index (χ0v) is 23.3. The summed E-state index contributed by atoms with van der Waals surface area (Å²) >= 11 is 0. The van der Waals surface area contributed by atoms with Crippen molar-refractivity contribution >= 4 is 36.0 Å². The molecular formula is C23H41IN6O3. The number of hydrogen-bond acceptors (Lipinski definition) is 6. The molecule has 10 heteroatoms. The minimum absolute atomic E-state index is 0. The summed E-state index contributed by atoms with van der Waals surface area (Å²) in [6.45, 7) is 17.4. The van der Waals surface area contributed by atoms with Crippen LogP contribution in [-0.2, 0) is 11.3 Å². The maximum Gasteiger partial charge on any atom is 0.410 e. The standard InChI is InChI=1S/C23H40N6O3.HI/c1-7-24-21(27-19-13-29(14-19)22(30)32-23(4,5)6)25-12-18-8-10-28(11-9-18)15-20-26-16(2)17(3)31-20;/h18-19H,7-15H2,1-6H3,(H2,24,25,27);1H. The normalized spacial score (nSPS) is 18.5. The summed E-state index contributed by atoms with van der Waals surface area (Å²) in [6, 6.07) is 0.204. The number of ether oxygens (including phenoxy) is 1. The lowest BCUT2D eigenvalue weighted by atomic mass is 9.97.